The van der Waals surface area contributed by atoms with Crippen molar-refractivity contribution in [3.63, 3.8) is 0 Å². The molecule has 3 heterocycles. The zero-order valence-corrected chi connectivity index (χ0v) is 9.27. The van der Waals surface area contributed by atoms with Crippen LogP contribution in [0, 0.1) is 0 Å². The number of aromatic nitrogens is 4. The van der Waals surface area contributed by atoms with Crippen molar-refractivity contribution in [2.75, 3.05) is 12.3 Å². The Balaban J connectivity index is 2.04. The summed E-state index contributed by atoms with van der Waals surface area (Å²) in [6.07, 6.45) is -2.04. The van der Waals surface area contributed by atoms with Gasteiger partial charge < -0.3 is 15.6 Å². The van der Waals surface area contributed by atoms with E-state index in [0.29, 0.717) is 11.2 Å². The number of nitrogens with zero attached hydrogens (tertiary/aromatic N) is 4. The fraction of sp³-hybridized carbons (Fsp3) is 0.500. The zero-order chi connectivity index (χ0) is 13.6. The van der Waals surface area contributed by atoms with Gasteiger partial charge in [-0.05, 0) is 0 Å². The van der Waals surface area contributed by atoms with Crippen LogP contribution in [0.4, 0.5) is 10.2 Å². The third kappa shape index (κ3) is 1.61. The number of hydrogen-bond donors (Lipinski definition) is 2. The molecule has 4 atom stereocenters. The lowest BCUT2D eigenvalue weighted by Gasteiger charge is -2.15. The number of nitrogens with two attached hydrogens (primary N) is 1. The molecule has 7 nitrogen and oxygen atoms in total. The van der Waals surface area contributed by atoms with Crippen LogP contribution in [0.3, 0.4) is 0 Å². The van der Waals surface area contributed by atoms with Crippen LogP contribution in [0.1, 0.15) is 14.0 Å². The third-order valence-electron chi connectivity index (χ3n) is 2.83. The standard InChI is InChI=1S/C10H12FN5O2/c11-6-1-5(2-17)18-10(6)16-4-15-7-8(12)13-3-14-9(7)16/h3-6,10,17H,1-2H2,(H2,12,13,14)/t5-,6-,10+/m0/s1/i1D/t1?,5-,6-,10+. The molecule has 1 unspecified atom stereocenters. The molecule has 0 saturated carbocycles. The molecule has 18 heavy (non-hydrogen) atoms. The van der Waals surface area contributed by atoms with Crippen molar-refractivity contribution in [2.24, 2.45) is 0 Å². The largest absolute Gasteiger partial charge is 0.394 e. The fourth-order valence-corrected chi connectivity index (χ4v) is 1.98. The number of halogens is 1. The van der Waals surface area contributed by atoms with Crippen LogP contribution in [-0.2, 0) is 4.74 Å². The van der Waals surface area contributed by atoms with E-state index in [1.807, 2.05) is 0 Å². The zero-order valence-electron chi connectivity index (χ0n) is 10.3. The summed E-state index contributed by atoms with van der Waals surface area (Å²) in [6, 6.07) is 0. The lowest BCUT2D eigenvalue weighted by atomic mass is 10.2. The van der Waals surface area contributed by atoms with E-state index < -0.39 is 31.5 Å². The maximum Gasteiger partial charge on any atom is 0.168 e. The highest BCUT2D eigenvalue weighted by molar-refractivity contribution is 5.81. The first-order valence-corrected chi connectivity index (χ1v) is 5.39. The number of ether oxygens (including phenoxy) is 1. The Morgan fingerprint density at radius 2 is 2.44 bits per heavy atom. The summed E-state index contributed by atoms with van der Waals surface area (Å²) in [5, 5.41) is 9.04. The first-order chi connectivity index (χ1) is 9.13. The van der Waals surface area contributed by atoms with Gasteiger partial charge in [0.1, 0.15) is 18.0 Å². The summed E-state index contributed by atoms with van der Waals surface area (Å²) in [7, 11) is 0. The number of nitrogen functional groups attached to an aromatic ring is 1. The Bertz CT molecular complexity index is 609. The van der Waals surface area contributed by atoms with Gasteiger partial charge in [0.15, 0.2) is 17.7 Å². The number of hydrogen-bond acceptors (Lipinski definition) is 6. The van der Waals surface area contributed by atoms with E-state index >= 15 is 0 Å². The van der Waals surface area contributed by atoms with Gasteiger partial charge >= 0.3 is 0 Å². The molecule has 8 heteroatoms. The number of aliphatic hydroxyl groups excluding tert-OH is 1. The predicted molar refractivity (Wildman–Crippen MR) is 60.2 cm³/mol. The maximum absolute atomic E-state index is 14.1. The number of anilines is 1. The summed E-state index contributed by atoms with van der Waals surface area (Å²) >= 11 is 0. The Kier molecular flexibility index (Phi) is 2.34. The van der Waals surface area contributed by atoms with E-state index in [1.165, 1.54) is 17.2 Å². The average molecular weight is 254 g/mol. The number of imidazole rings is 1. The molecule has 0 aliphatic carbocycles. The molecular formula is C10H12FN5O2. The van der Waals surface area contributed by atoms with E-state index in [2.05, 4.69) is 15.0 Å². The molecule has 2 aromatic rings. The summed E-state index contributed by atoms with van der Waals surface area (Å²) < 4.78 is 28.4. The van der Waals surface area contributed by atoms with Crippen LogP contribution >= 0.6 is 0 Å². The van der Waals surface area contributed by atoms with Gasteiger partial charge in [-0.15, -0.1) is 0 Å². The van der Waals surface area contributed by atoms with Gasteiger partial charge in [-0.1, -0.05) is 0 Å². The summed E-state index contributed by atoms with van der Waals surface area (Å²) in [5.41, 5.74) is 6.34. The van der Waals surface area contributed by atoms with E-state index in [4.69, 9.17) is 16.9 Å². The highest BCUT2D eigenvalue weighted by Gasteiger charge is 2.37. The molecule has 0 spiro atoms. The minimum atomic E-state index is -1.58. The maximum atomic E-state index is 14.1. The Labute approximate surface area is 103 Å². The molecule has 0 aromatic carbocycles. The Hall–Kier alpha value is -1.80. The van der Waals surface area contributed by atoms with Crippen molar-refractivity contribution in [1.29, 1.82) is 0 Å². The minimum Gasteiger partial charge on any atom is -0.394 e. The first-order valence-electron chi connectivity index (χ1n) is 5.97. The van der Waals surface area contributed by atoms with Gasteiger partial charge in [0.05, 0.1) is 19.0 Å². The lowest BCUT2D eigenvalue weighted by Crippen LogP contribution is -2.16. The van der Waals surface area contributed by atoms with Crippen molar-refractivity contribution in [1.82, 2.24) is 19.5 Å². The Morgan fingerprint density at radius 3 is 3.17 bits per heavy atom. The minimum absolute atomic E-state index is 0.193. The molecule has 1 fully saturated rings. The van der Waals surface area contributed by atoms with Gasteiger partial charge in [-0.3, -0.25) is 4.57 Å². The number of aliphatic hydroxyl groups is 1. The van der Waals surface area contributed by atoms with Crippen LogP contribution in [0.2, 0.25) is 0 Å². The van der Waals surface area contributed by atoms with Gasteiger partial charge in [-0.25, -0.2) is 19.3 Å². The topological polar surface area (TPSA) is 99.1 Å². The Morgan fingerprint density at radius 1 is 1.61 bits per heavy atom. The van der Waals surface area contributed by atoms with Crippen molar-refractivity contribution in [3.8, 4) is 0 Å². The highest BCUT2D eigenvalue weighted by atomic mass is 19.1. The van der Waals surface area contributed by atoms with Crippen molar-refractivity contribution < 1.29 is 15.6 Å². The second kappa shape index (κ2) is 4.14. The quantitative estimate of drug-likeness (QED) is 0.784. The fourth-order valence-electron chi connectivity index (χ4n) is 1.98. The smallest absolute Gasteiger partial charge is 0.168 e. The predicted octanol–water partition coefficient (Wildman–Crippen LogP) is 0.0264. The van der Waals surface area contributed by atoms with Gasteiger partial charge in [0.2, 0.25) is 0 Å². The summed E-state index contributed by atoms with van der Waals surface area (Å²) in [4.78, 5) is 11.8. The lowest BCUT2D eigenvalue weighted by molar-refractivity contribution is -0.0351. The molecule has 1 aliphatic heterocycles. The van der Waals surface area contributed by atoms with Gasteiger partial charge in [0.25, 0.3) is 0 Å². The molecule has 3 rings (SSSR count). The van der Waals surface area contributed by atoms with Crippen LogP contribution in [0.5, 0.6) is 0 Å². The molecule has 2 aromatic heterocycles. The number of alkyl halides is 1. The highest BCUT2D eigenvalue weighted by Crippen LogP contribution is 2.33. The third-order valence-corrected chi connectivity index (χ3v) is 2.83. The van der Waals surface area contributed by atoms with Crippen LogP contribution < -0.4 is 5.73 Å². The molecule has 0 radical (unpaired) electrons. The van der Waals surface area contributed by atoms with Gasteiger partial charge in [-0.2, -0.15) is 0 Å². The molecule has 0 bridgehead atoms. The SMILES string of the molecule is [2H]C1[C@@H](CO)O[C@@H](n2cnc3c(N)ncnc32)[C@H]1F. The summed E-state index contributed by atoms with van der Waals surface area (Å²) in [5.74, 6) is 0.193. The molecular weight excluding hydrogens is 241 g/mol. The number of rotatable bonds is 2. The van der Waals surface area contributed by atoms with E-state index in [1.54, 1.807) is 0 Å². The van der Waals surface area contributed by atoms with Crippen molar-refractivity contribution in [2.45, 2.75) is 24.9 Å². The number of fused-ring (bicyclic) bond motifs is 1. The molecule has 0 amide bonds. The molecule has 96 valence electrons. The molecule has 1 aliphatic rings. The van der Waals surface area contributed by atoms with Crippen molar-refractivity contribution >= 4 is 17.0 Å². The van der Waals surface area contributed by atoms with E-state index in [0.717, 1.165) is 0 Å². The monoisotopic (exact) mass is 254 g/mol. The van der Waals surface area contributed by atoms with Crippen LogP contribution in [0.25, 0.3) is 11.2 Å². The molecule has 1 saturated heterocycles. The average Bonchev–Trinajstić information content (AvgIpc) is 2.94. The van der Waals surface area contributed by atoms with Crippen LogP contribution in [0.15, 0.2) is 12.7 Å². The van der Waals surface area contributed by atoms with E-state index in [-0.39, 0.29) is 5.82 Å². The van der Waals surface area contributed by atoms with Crippen molar-refractivity contribution in [3.05, 3.63) is 12.7 Å². The molecule has 3 N–H and O–H groups in total. The second-order valence-corrected chi connectivity index (χ2v) is 3.97. The summed E-state index contributed by atoms with van der Waals surface area (Å²) in [6.45, 7) is -0.408. The second-order valence-electron chi connectivity index (χ2n) is 3.97. The first kappa shape index (κ1) is 10.2. The van der Waals surface area contributed by atoms with Gasteiger partial charge in [0, 0.05) is 7.77 Å². The normalized spacial score (nSPS) is 32.9. The van der Waals surface area contributed by atoms with Crippen LogP contribution in [-0.4, -0.2) is 43.5 Å². The van der Waals surface area contributed by atoms with E-state index in [9.17, 15) is 4.39 Å².